The van der Waals surface area contributed by atoms with Crippen LogP contribution >= 0.6 is 11.3 Å². The Kier molecular flexibility index (Phi) is 5.60. The van der Waals surface area contributed by atoms with Crippen LogP contribution in [0.15, 0.2) is 11.4 Å². The second-order valence-corrected chi connectivity index (χ2v) is 6.01. The lowest BCUT2D eigenvalue weighted by Gasteiger charge is -2.31. The van der Waals surface area contributed by atoms with Gasteiger partial charge in [0.1, 0.15) is 6.61 Å². The summed E-state index contributed by atoms with van der Waals surface area (Å²) in [6.07, 6.45) is 2.03. The van der Waals surface area contributed by atoms with E-state index in [1.165, 1.54) is 4.88 Å². The van der Waals surface area contributed by atoms with Crippen LogP contribution in [0.5, 0.6) is 0 Å². The van der Waals surface area contributed by atoms with Crippen LogP contribution in [0.4, 0.5) is 0 Å². The van der Waals surface area contributed by atoms with Crippen molar-refractivity contribution in [1.82, 2.24) is 10.2 Å². The van der Waals surface area contributed by atoms with E-state index in [2.05, 4.69) is 28.1 Å². The number of rotatable bonds is 3. The molecule has 2 heterocycles. The average molecular weight is 292 g/mol. The molecule has 108 valence electrons. The fourth-order valence-corrected chi connectivity index (χ4v) is 3.27. The van der Waals surface area contributed by atoms with Gasteiger partial charge in [0.05, 0.1) is 0 Å². The number of nitrogens with zero attached hydrogens (tertiary/aromatic N) is 1. The van der Waals surface area contributed by atoms with Gasteiger partial charge in [-0.05, 0) is 18.9 Å². The van der Waals surface area contributed by atoms with Gasteiger partial charge in [0.15, 0.2) is 0 Å². The van der Waals surface area contributed by atoms with E-state index in [0.717, 1.165) is 38.0 Å². The lowest BCUT2D eigenvalue weighted by Crippen LogP contribution is -2.43. The third-order valence-corrected chi connectivity index (χ3v) is 4.26. The lowest BCUT2D eigenvalue weighted by atomic mass is 10.1. The predicted octanol–water partition coefficient (Wildman–Crippen LogP) is 1.19. The molecule has 0 bridgehead atoms. The fraction of sp³-hybridized carbons (Fsp3) is 0.533. The summed E-state index contributed by atoms with van der Waals surface area (Å²) in [6, 6.07) is 2.42. The Balaban J connectivity index is 1.80. The van der Waals surface area contributed by atoms with Crippen molar-refractivity contribution in [3.05, 3.63) is 21.9 Å². The Bertz CT molecular complexity index is 507. The SMILES string of the molecule is CC(=O)NC1CCN(Cc2cc(C#CCO)cs2)CC1. The van der Waals surface area contributed by atoms with Crippen LogP contribution < -0.4 is 5.32 Å². The summed E-state index contributed by atoms with van der Waals surface area (Å²) < 4.78 is 0. The normalized spacial score (nSPS) is 16.5. The first-order valence-electron chi connectivity index (χ1n) is 6.84. The third-order valence-electron chi connectivity index (χ3n) is 3.34. The number of likely N-dealkylation sites (tertiary alicyclic amines) is 1. The Morgan fingerprint density at radius 3 is 2.95 bits per heavy atom. The molecule has 0 radical (unpaired) electrons. The maximum absolute atomic E-state index is 11.0. The van der Waals surface area contributed by atoms with Crippen LogP contribution in [0, 0.1) is 11.8 Å². The molecule has 2 rings (SSSR count). The molecule has 20 heavy (non-hydrogen) atoms. The zero-order valence-corrected chi connectivity index (χ0v) is 12.5. The highest BCUT2D eigenvalue weighted by atomic mass is 32.1. The van der Waals surface area contributed by atoms with Gasteiger partial charge in [0.25, 0.3) is 0 Å². The van der Waals surface area contributed by atoms with E-state index in [9.17, 15) is 4.79 Å². The van der Waals surface area contributed by atoms with Crippen LogP contribution in [0.25, 0.3) is 0 Å². The summed E-state index contributed by atoms with van der Waals surface area (Å²) in [5, 5.41) is 13.7. The highest BCUT2D eigenvalue weighted by Crippen LogP contribution is 2.19. The Morgan fingerprint density at radius 2 is 2.30 bits per heavy atom. The Hall–Kier alpha value is -1.35. The minimum absolute atomic E-state index is 0.0637. The number of piperidine rings is 1. The van der Waals surface area contributed by atoms with Crippen molar-refractivity contribution in [2.24, 2.45) is 0 Å². The molecule has 1 aromatic heterocycles. The molecular weight excluding hydrogens is 272 g/mol. The molecule has 1 aromatic rings. The summed E-state index contributed by atoms with van der Waals surface area (Å²) in [6.45, 7) is 4.45. The van der Waals surface area contributed by atoms with Gasteiger partial charge in [-0.2, -0.15) is 0 Å². The van der Waals surface area contributed by atoms with E-state index >= 15 is 0 Å². The number of aliphatic hydroxyl groups excluding tert-OH is 1. The van der Waals surface area contributed by atoms with Crippen LogP contribution in [0.1, 0.15) is 30.2 Å². The first-order valence-corrected chi connectivity index (χ1v) is 7.72. The van der Waals surface area contributed by atoms with Crippen LogP contribution in [-0.4, -0.2) is 41.7 Å². The number of carbonyl (C=O) groups excluding carboxylic acids is 1. The number of carbonyl (C=O) groups is 1. The van der Waals surface area contributed by atoms with E-state index in [1.807, 2.05) is 5.38 Å². The van der Waals surface area contributed by atoms with Crippen molar-refractivity contribution >= 4 is 17.2 Å². The smallest absolute Gasteiger partial charge is 0.217 e. The Morgan fingerprint density at radius 1 is 1.55 bits per heavy atom. The van der Waals surface area contributed by atoms with Gasteiger partial charge in [-0.1, -0.05) is 11.8 Å². The molecule has 0 aromatic carbocycles. The van der Waals surface area contributed by atoms with E-state index in [-0.39, 0.29) is 12.5 Å². The second-order valence-electron chi connectivity index (χ2n) is 5.01. The number of thiophene rings is 1. The van der Waals surface area contributed by atoms with Crippen molar-refractivity contribution in [3.63, 3.8) is 0 Å². The molecule has 2 N–H and O–H groups in total. The van der Waals surface area contributed by atoms with Crippen molar-refractivity contribution in [2.45, 2.75) is 32.4 Å². The van der Waals surface area contributed by atoms with Gasteiger partial charge in [0, 0.05) is 48.4 Å². The maximum Gasteiger partial charge on any atom is 0.217 e. The van der Waals surface area contributed by atoms with Gasteiger partial charge in [-0.25, -0.2) is 0 Å². The van der Waals surface area contributed by atoms with Crippen LogP contribution in [0.3, 0.4) is 0 Å². The van der Waals surface area contributed by atoms with Gasteiger partial charge >= 0.3 is 0 Å². The van der Waals surface area contributed by atoms with Gasteiger partial charge < -0.3 is 10.4 Å². The van der Waals surface area contributed by atoms with Crippen molar-refractivity contribution in [3.8, 4) is 11.8 Å². The standard InChI is InChI=1S/C15H20N2O2S/c1-12(19)16-14-4-6-17(7-5-14)10-15-9-13(11-20-15)3-2-8-18/h9,11,14,18H,4-8,10H2,1H3,(H,16,19). The summed E-state index contributed by atoms with van der Waals surface area (Å²) in [5.41, 5.74) is 0.979. The third kappa shape index (κ3) is 4.64. The number of hydrogen-bond acceptors (Lipinski definition) is 4. The summed E-state index contributed by atoms with van der Waals surface area (Å²) in [4.78, 5) is 14.7. The molecule has 0 unspecified atom stereocenters. The van der Waals surface area contributed by atoms with Gasteiger partial charge in [-0.3, -0.25) is 9.69 Å². The minimum atomic E-state index is -0.0954. The minimum Gasteiger partial charge on any atom is -0.384 e. The lowest BCUT2D eigenvalue weighted by molar-refractivity contribution is -0.119. The van der Waals surface area contributed by atoms with Crippen LogP contribution in [0.2, 0.25) is 0 Å². The molecule has 0 aliphatic carbocycles. The highest BCUT2D eigenvalue weighted by molar-refractivity contribution is 7.10. The molecule has 4 nitrogen and oxygen atoms in total. The van der Waals surface area contributed by atoms with E-state index in [4.69, 9.17) is 5.11 Å². The number of amides is 1. The first kappa shape index (κ1) is 15.0. The van der Waals surface area contributed by atoms with E-state index < -0.39 is 0 Å². The molecule has 1 saturated heterocycles. The highest BCUT2D eigenvalue weighted by Gasteiger charge is 2.19. The van der Waals surface area contributed by atoms with Gasteiger partial charge in [-0.15, -0.1) is 11.3 Å². The van der Waals surface area contributed by atoms with Crippen LogP contribution in [-0.2, 0) is 11.3 Å². The number of aliphatic hydroxyl groups is 1. The zero-order valence-electron chi connectivity index (χ0n) is 11.7. The second kappa shape index (κ2) is 7.44. The predicted molar refractivity (Wildman–Crippen MR) is 80.4 cm³/mol. The summed E-state index contributed by atoms with van der Waals surface area (Å²) in [7, 11) is 0. The van der Waals surface area contributed by atoms with Crippen molar-refractivity contribution in [2.75, 3.05) is 19.7 Å². The monoisotopic (exact) mass is 292 g/mol. The molecule has 1 amide bonds. The summed E-state index contributed by atoms with van der Waals surface area (Å²) >= 11 is 1.71. The fourth-order valence-electron chi connectivity index (χ4n) is 2.41. The molecule has 1 aliphatic rings. The zero-order chi connectivity index (χ0) is 14.4. The molecule has 0 saturated carbocycles. The molecule has 5 heteroatoms. The number of nitrogens with one attached hydrogen (secondary N) is 1. The molecule has 1 fully saturated rings. The van der Waals surface area contributed by atoms with Crippen molar-refractivity contribution in [1.29, 1.82) is 0 Å². The number of hydrogen-bond donors (Lipinski definition) is 2. The van der Waals surface area contributed by atoms with E-state index in [1.54, 1.807) is 18.3 Å². The molecule has 0 spiro atoms. The van der Waals surface area contributed by atoms with E-state index in [0.29, 0.717) is 6.04 Å². The summed E-state index contributed by atoms with van der Waals surface area (Å²) in [5.74, 6) is 5.65. The van der Waals surface area contributed by atoms with Gasteiger partial charge in [0.2, 0.25) is 5.91 Å². The van der Waals surface area contributed by atoms with Crippen molar-refractivity contribution < 1.29 is 9.90 Å². The molecule has 1 aliphatic heterocycles. The largest absolute Gasteiger partial charge is 0.384 e. The first-order chi connectivity index (χ1) is 9.67. The topological polar surface area (TPSA) is 52.6 Å². The maximum atomic E-state index is 11.0. The molecular formula is C15H20N2O2S. The average Bonchev–Trinajstić information content (AvgIpc) is 2.86. The molecule has 0 atom stereocenters. The Labute approximate surface area is 123 Å². The quantitative estimate of drug-likeness (QED) is 0.823.